The summed E-state index contributed by atoms with van der Waals surface area (Å²) in [5, 5.41) is 17.7. The number of aliphatic hydroxyl groups excluding tert-OH is 2. The van der Waals surface area contributed by atoms with Gasteiger partial charge in [-0.25, -0.2) is 0 Å². The summed E-state index contributed by atoms with van der Waals surface area (Å²) >= 11 is 0. The van der Waals surface area contributed by atoms with Crippen LogP contribution in [0.2, 0.25) is 0 Å². The van der Waals surface area contributed by atoms with Crippen molar-refractivity contribution in [3.63, 3.8) is 0 Å². The molecule has 0 bridgehead atoms. The average molecular weight is 337 g/mol. The van der Waals surface area contributed by atoms with Crippen LogP contribution in [0.15, 0.2) is 0 Å². The number of rotatable bonds is 2. The molecule has 0 aliphatic carbocycles. The molecule has 4 N–H and O–H groups in total. The van der Waals surface area contributed by atoms with E-state index in [4.69, 9.17) is 24.7 Å². The van der Waals surface area contributed by atoms with E-state index in [1.807, 2.05) is 0 Å². The molecular formula is C5H13BaO6P. The molecule has 1 heterocycles. The quantitative estimate of drug-likeness (QED) is 0.360. The van der Waals surface area contributed by atoms with Gasteiger partial charge >= 0.3 is 56.5 Å². The number of hydrogen-bond acceptors (Lipinski definition) is 4. The maximum atomic E-state index is 10.6. The van der Waals surface area contributed by atoms with Crippen molar-refractivity contribution in [2.75, 3.05) is 6.61 Å². The molecule has 76 valence electrons. The molecule has 1 rings (SSSR count). The van der Waals surface area contributed by atoms with Crippen molar-refractivity contribution in [2.45, 2.75) is 24.5 Å². The maximum absolute atomic E-state index is 10.6. The summed E-state index contributed by atoms with van der Waals surface area (Å²) in [6.07, 6.45) is -1.99. The molecule has 1 aliphatic rings. The van der Waals surface area contributed by atoms with E-state index >= 15 is 0 Å². The largest absolute Gasteiger partial charge is 2.00 e. The Kier molecular flexibility index (Phi) is 6.31. The van der Waals surface area contributed by atoms with Gasteiger partial charge in [0.1, 0.15) is 6.10 Å². The summed E-state index contributed by atoms with van der Waals surface area (Å²) in [5.74, 6) is -1.27. The molecule has 8 heteroatoms. The Hall–Kier alpha value is 1.60. The van der Waals surface area contributed by atoms with Crippen LogP contribution in [0, 0.1) is 0 Å². The molecular weight excluding hydrogens is 324 g/mol. The summed E-state index contributed by atoms with van der Waals surface area (Å²) in [4.78, 5) is 17.3. The predicted molar refractivity (Wildman–Crippen MR) is 46.4 cm³/mol. The van der Waals surface area contributed by atoms with Gasteiger partial charge in [-0.2, -0.15) is 0 Å². The molecule has 1 aliphatic heterocycles. The summed E-state index contributed by atoms with van der Waals surface area (Å²) in [5.41, 5.74) is 0. The van der Waals surface area contributed by atoms with Crippen molar-refractivity contribution in [2.24, 2.45) is 0 Å². The van der Waals surface area contributed by atoms with E-state index in [9.17, 15) is 4.57 Å². The fourth-order valence-electron chi connectivity index (χ4n) is 1.09. The van der Waals surface area contributed by atoms with Gasteiger partial charge in [-0.05, 0) is 0 Å². The van der Waals surface area contributed by atoms with Crippen LogP contribution in [0.4, 0.5) is 0 Å². The van der Waals surface area contributed by atoms with E-state index in [1.54, 1.807) is 0 Å². The molecule has 0 amide bonds. The molecule has 1 saturated heterocycles. The van der Waals surface area contributed by atoms with Crippen LogP contribution in [0.3, 0.4) is 0 Å². The van der Waals surface area contributed by atoms with Gasteiger partial charge in [0.25, 0.3) is 0 Å². The van der Waals surface area contributed by atoms with Crippen molar-refractivity contribution in [3.05, 3.63) is 0 Å². The van der Waals surface area contributed by atoms with Gasteiger partial charge in [0.15, 0.2) is 5.85 Å². The van der Waals surface area contributed by atoms with Gasteiger partial charge in [-0.15, -0.1) is 0 Å². The van der Waals surface area contributed by atoms with Crippen LogP contribution < -0.4 is 0 Å². The first kappa shape index (κ1) is 14.6. The molecule has 0 aromatic heterocycles. The second-order valence-corrected chi connectivity index (χ2v) is 4.46. The Labute approximate surface area is 118 Å². The van der Waals surface area contributed by atoms with Gasteiger partial charge < -0.3 is 27.6 Å². The Morgan fingerprint density at radius 3 is 2.31 bits per heavy atom. The summed E-state index contributed by atoms with van der Waals surface area (Å²) in [6, 6.07) is 0. The van der Waals surface area contributed by atoms with Crippen molar-refractivity contribution >= 4 is 56.5 Å². The van der Waals surface area contributed by atoms with Crippen LogP contribution in [0.5, 0.6) is 0 Å². The third-order valence-corrected chi connectivity index (χ3v) is 2.84. The zero-order valence-corrected chi connectivity index (χ0v) is 12.2. The number of hydrogen-bond donors (Lipinski definition) is 4. The van der Waals surface area contributed by atoms with Crippen LogP contribution in [-0.2, 0) is 9.30 Å². The third kappa shape index (κ3) is 3.92. The van der Waals surface area contributed by atoms with E-state index in [0.717, 1.165) is 0 Å². The van der Waals surface area contributed by atoms with E-state index in [-0.39, 0.29) is 58.2 Å². The molecule has 3 atom stereocenters. The van der Waals surface area contributed by atoms with Crippen molar-refractivity contribution in [3.8, 4) is 0 Å². The Bertz CT molecular complexity index is 214. The molecule has 6 nitrogen and oxygen atoms in total. The first-order valence-corrected chi connectivity index (χ1v) is 5.13. The standard InChI is InChI=1S/C5H11O6P.Ba.2H/c6-2-4-3(7)1-5(11-4)12(8,9)10;;;/h3-7H,1-2H2,(H2,8,9,10);;;/q;+2;2*-1/t3-,4+,5?;;;/m0.../s1. The molecule has 13 heavy (non-hydrogen) atoms. The Morgan fingerprint density at radius 1 is 1.54 bits per heavy atom. The van der Waals surface area contributed by atoms with Crippen LogP contribution >= 0.6 is 7.60 Å². The summed E-state index contributed by atoms with van der Waals surface area (Å²) in [7, 11) is -4.29. The smallest absolute Gasteiger partial charge is 1.00 e. The van der Waals surface area contributed by atoms with E-state index < -0.39 is 32.3 Å². The van der Waals surface area contributed by atoms with Gasteiger partial charge in [-0.1, -0.05) is 0 Å². The molecule has 0 spiro atoms. The zero-order valence-electron chi connectivity index (χ0n) is 8.91. The van der Waals surface area contributed by atoms with Crippen LogP contribution in [0.25, 0.3) is 0 Å². The molecule has 0 aromatic rings. The molecule has 1 fully saturated rings. The predicted octanol–water partition coefficient (Wildman–Crippen LogP) is -1.52. The van der Waals surface area contributed by atoms with E-state index in [2.05, 4.69) is 0 Å². The normalized spacial score (nSPS) is 34.3. The number of ether oxygens (including phenoxy) is 1. The third-order valence-electron chi connectivity index (χ3n) is 1.76. The van der Waals surface area contributed by atoms with Gasteiger partial charge in [0, 0.05) is 6.42 Å². The number of aliphatic hydroxyl groups is 2. The van der Waals surface area contributed by atoms with Crippen molar-refractivity contribution in [1.82, 2.24) is 0 Å². The Balaban J connectivity index is -0.000000480. The molecule has 0 saturated carbocycles. The maximum Gasteiger partial charge on any atom is 2.00 e. The fourth-order valence-corrected chi connectivity index (χ4v) is 1.89. The van der Waals surface area contributed by atoms with Gasteiger partial charge in [0.05, 0.1) is 12.7 Å². The Morgan fingerprint density at radius 2 is 2.08 bits per heavy atom. The minimum atomic E-state index is -4.29. The van der Waals surface area contributed by atoms with Gasteiger partial charge in [-0.3, -0.25) is 4.57 Å². The monoisotopic (exact) mass is 338 g/mol. The van der Waals surface area contributed by atoms with Gasteiger partial charge in [0.2, 0.25) is 0 Å². The topological polar surface area (TPSA) is 107 Å². The minimum Gasteiger partial charge on any atom is -1.00 e. The SMILES string of the molecule is O=P(O)(O)C1C[C@H](O)[C@@H](CO)O1.[Ba+2].[H-].[H-]. The molecule has 0 radical (unpaired) electrons. The second-order valence-electron chi connectivity index (χ2n) is 2.70. The van der Waals surface area contributed by atoms with E-state index in [0.29, 0.717) is 0 Å². The first-order chi connectivity index (χ1) is 5.45. The zero-order chi connectivity index (χ0) is 9.35. The second kappa shape index (κ2) is 5.62. The van der Waals surface area contributed by atoms with Crippen LogP contribution in [0.1, 0.15) is 9.27 Å². The minimum absolute atomic E-state index is 0. The van der Waals surface area contributed by atoms with E-state index in [1.165, 1.54) is 0 Å². The summed E-state index contributed by atoms with van der Waals surface area (Å²) < 4.78 is 15.3. The average Bonchev–Trinajstić information content (AvgIpc) is 2.29. The van der Waals surface area contributed by atoms with Crippen molar-refractivity contribution < 1.29 is 32.2 Å². The summed E-state index contributed by atoms with van der Waals surface area (Å²) in [6.45, 7) is -0.433. The fraction of sp³-hybridized carbons (Fsp3) is 1.00. The van der Waals surface area contributed by atoms with Crippen molar-refractivity contribution in [1.29, 1.82) is 0 Å². The van der Waals surface area contributed by atoms with Crippen LogP contribution in [-0.4, -0.2) is 93.5 Å². The first-order valence-electron chi connectivity index (χ1n) is 3.44. The molecule has 1 unspecified atom stereocenters. The molecule has 0 aromatic carbocycles.